The SMILES string of the molecule is Cc1ccc(OCCCC(=O)Nc2ccc(CNC(=O)C3(N)CC3)cc2)cc1. The second kappa shape index (κ2) is 8.89. The van der Waals surface area contributed by atoms with Gasteiger partial charge in [0, 0.05) is 18.7 Å². The molecular weight excluding hydrogens is 354 g/mol. The summed E-state index contributed by atoms with van der Waals surface area (Å²) in [6.07, 6.45) is 2.53. The number of anilines is 1. The van der Waals surface area contributed by atoms with Crippen LogP contribution in [-0.2, 0) is 16.1 Å². The summed E-state index contributed by atoms with van der Waals surface area (Å²) in [6, 6.07) is 15.3. The fourth-order valence-corrected chi connectivity index (χ4v) is 2.71. The normalized spacial score (nSPS) is 14.2. The van der Waals surface area contributed by atoms with Crippen LogP contribution in [0, 0.1) is 6.92 Å². The number of hydrogen-bond acceptors (Lipinski definition) is 4. The van der Waals surface area contributed by atoms with Crippen LogP contribution in [-0.4, -0.2) is 24.0 Å². The Balaban J connectivity index is 1.34. The van der Waals surface area contributed by atoms with E-state index in [0.717, 1.165) is 29.8 Å². The third-order valence-electron chi connectivity index (χ3n) is 4.77. The first-order chi connectivity index (χ1) is 13.4. The Kier molecular flexibility index (Phi) is 6.31. The van der Waals surface area contributed by atoms with Crippen molar-refractivity contribution in [3.8, 4) is 5.75 Å². The number of carbonyl (C=O) groups is 2. The lowest BCUT2D eigenvalue weighted by Gasteiger charge is -2.11. The van der Waals surface area contributed by atoms with E-state index < -0.39 is 5.54 Å². The Morgan fingerprint density at radius 1 is 1.07 bits per heavy atom. The highest BCUT2D eigenvalue weighted by molar-refractivity contribution is 5.90. The third-order valence-corrected chi connectivity index (χ3v) is 4.77. The highest BCUT2D eigenvalue weighted by Gasteiger charge is 2.45. The van der Waals surface area contributed by atoms with Crippen molar-refractivity contribution in [2.75, 3.05) is 11.9 Å². The Morgan fingerprint density at radius 2 is 1.75 bits per heavy atom. The summed E-state index contributed by atoms with van der Waals surface area (Å²) in [5, 5.41) is 5.72. The summed E-state index contributed by atoms with van der Waals surface area (Å²) in [6.45, 7) is 2.96. The molecule has 4 N–H and O–H groups in total. The second-order valence-corrected chi connectivity index (χ2v) is 7.35. The molecule has 0 bridgehead atoms. The van der Waals surface area contributed by atoms with E-state index in [-0.39, 0.29) is 11.8 Å². The van der Waals surface area contributed by atoms with Crippen molar-refractivity contribution in [1.29, 1.82) is 0 Å². The zero-order chi connectivity index (χ0) is 20.0. The predicted molar refractivity (Wildman–Crippen MR) is 109 cm³/mol. The van der Waals surface area contributed by atoms with Gasteiger partial charge in [-0.15, -0.1) is 0 Å². The molecular formula is C22H27N3O3. The van der Waals surface area contributed by atoms with Crippen molar-refractivity contribution in [2.45, 2.75) is 44.7 Å². The van der Waals surface area contributed by atoms with E-state index >= 15 is 0 Å². The van der Waals surface area contributed by atoms with E-state index in [9.17, 15) is 9.59 Å². The smallest absolute Gasteiger partial charge is 0.240 e. The Morgan fingerprint density at radius 3 is 2.39 bits per heavy atom. The van der Waals surface area contributed by atoms with Gasteiger partial charge >= 0.3 is 0 Å². The van der Waals surface area contributed by atoms with Crippen molar-refractivity contribution in [3.63, 3.8) is 0 Å². The van der Waals surface area contributed by atoms with Crippen LogP contribution in [0.25, 0.3) is 0 Å². The van der Waals surface area contributed by atoms with E-state index in [4.69, 9.17) is 10.5 Å². The standard InChI is InChI=1S/C22H27N3O3/c1-16-4-10-19(11-5-16)28-14-2-3-20(26)25-18-8-6-17(7-9-18)15-24-21(27)22(23)12-13-22/h4-11H,2-3,12-15,23H2,1H3,(H,24,27)(H,25,26). The largest absolute Gasteiger partial charge is 0.494 e. The molecule has 0 spiro atoms. The van der Waals surface area contributed by atoms with Gasteiger partial charge in [-0.05, 0) is 56.0 Å². The van der Waals surface area contributed by atoms with Crippen molar-refractivity contribution in [2.24, 2.45) is 5.73 Å². The average Bonchev–Trinajstić information content (AvgIpc) is 3.44. The number of carbonyl (C=O) groups excluding carboxylic acids is 2. The predicted octanol–water partition coefficient (Wildman–Crippen LogP) is 2.90. The van der Waals surface area contributed by atoms with Crippen molar-refractivity contribution < 1.29 is 14.3 Å². The quantitative estimate of drug-likeness (QED) is 0.582. The van der Waals surface area contributed by atoms with E-state index in [1.54, 1.807) is 0 Å². The minimum absolute atomic E-state index is 0.0487. The first-order valence-electron chi connectivity index (χ1n) is 9.60. The van der Waals surface area contributed by atoms with Gasteiger partial charge in [0.15, 0.2) is 0 Å². The van der Waals surface area contributed by atoms with Crippen LogP contribution in [0.2, 0.25) is 0 Å². The monoisotopic (exact) mass is 381 g/mol. The molecule has 28 heavy (non-hydrogen) atoms. The molecule has 6 heteroatoms. The molecule has 0 heterocycles. The van der Waals surface area contributed by atoms with E-state index in [1.165, 1.54) is 5.56 Å². The number of amides is 2. The molecule has 3 rings (SSSR count). The molecule has 1 aliphatic rings. The molecule has 0 atom stereocenters. The van der Waals surface area contributed by atoms with Crippen molar-refractivity contribution in [3.05, 3.63) is 59.7 Å². The minimum Gasteiger partial charge on any atom is -0.494 e. The van der Waals surface area contributed by atoms with E-state index in [1.807, 2.05) is 55.5 Å². The van der Waals surface area contributed by atoms with Gasteiger partial charge in [-0.3, -0.25) is 9.59 Å². The molecule has 1 aliphatic carbocycles. The lowest BCUT2D eigenvalue weighted by atomic mass is 10.2. The van der Waals surface area contributed by atoms with Crippen LogP contribution in [0.5, 0.6) is 5.75 Å². The summed E-state index contributed by atoms with van der Waals surface area (Å²) in [5.41, 5.74) is 8.08. The Hall–Kier alpha value is -2.86. The molecule has 1 fully saturated rings. The molecule has 148 valence electrons. The fourth-order valence-electron chi connectivity index (χ4n) is 2.71. The number of nitrogens with two attached hydrogens (primary N) is 1. The van der Waals surface area contributed by atoms with Crippen LogP contribution in [0.3, 0.4) is 0 Å². The molecule has 2 aromatic carbocycles. The molecule has 0 unspecified atom stereocenters. The first kappa shape index (κ1) is 19.9. The summed E-state index contributed by atoms with van der Waals surface area (Å²) in [5.74, 6) is 0.668. The highest BCUT2D eigenvalue weighted by atomic mass is 16.5. The Bertz CT molecular complexity index is 812. The van der Waals surface area contributed by atoms with Crippen LogP contribution >= 0.6 is 0 Å². The summed E-state index contributed by atoms with van der Waals surface area (Å²) < 4.78 is 5.63. The van der Waals surface area contributed by atoms with Gasteiger partial charge in [-0.25, -0.2) is 0 Å². The van der Waals surface area contributed by atoms with Gasteiger partial charge in [-0.1, -0.05) is 29.8 Å². The summed E-state index contributed by atoms with van der Waals surface area (Å²) in [7, 11) is 0. The maximum absolute atomic E-state index is 12.0. The number of hydrogen-bond donors (Lipinski definition) is 3. The molecule has 0 radical (unpaired) electrons. The molecule has 0 saturated heterocycles. The first-order valence-corrected chi connectivity index (χ1v) is 9.60. The van der Waals surface area contributed by atoms with Gasteiger partial charge in [0.05, 0.1) is 12.1 Å². The summed E-state index contributed by atoms with van der Waals surface area (Å²) in [4.78, 5) is 23.9. The maximum Gasteiger partial charge on any atom is 0.240 e. The number of rotatable bonds is 9. The fraction of sp³-hybridized carbons (Fsp3) is 0.364. The highest BCUT2D eigenvalue weighted by Crippen LogP contribution is 2.32. The van der Waals surface area contributed by atoms with Gasteiger partial charge in [0.2, 0.25) is 11.8 Å². The lowest BCUT2D eigenvalue weighted by Crippen LogP contribution is -2.42. The van der Waals surface area contributed by atoms with Gasteiger partial charge in [-0.2, -0.15) is 0 Å². The molecule has 0 aromatic heterocycles. The van der Waals surface area contributed by atoms with Gasteiger partial charge in [0.1, 0.15) is 5.75 Å². The van der Waals surface area contributed by atoms with Crippen LogP contribution in [0.1, 0.15) is 36.8 Å². The van der Waals surface area contributed by atoms with Crippen LogP contribution in [0.15, 0.2) is 48.5 Å². The maximum atomic E-state index is 12.0. The molecule has 2 amide bonds. The third kappa shape index (κ3) is 5.82. The number of benzene rings is 2. The van der Waals surface area contributed by atoms with E-state index in [2.05, 4.69) is 10.6 Å². The average molecular weight is 381 g/mol. The lowest BCUT2D eigenvalue weighted by molar-refractivity contribution is -0.123. The van der Waals surface area contributed by atoms with Gasteiger partial charge in [0.25, 0.3) is 0 Å². The Labute approximate surface area is 165 Å². The molecule has 0 aliphatic heterocycles. The molecule has 2 aromatic rings. The zero-order valence-corrected chi connectivity index (χ0v) is 16.2. The van der Waals surface area contributed by atoms with Gasteiger partial charge < -0.3 is 21.1 Å². The van der Waals surface area contributed by atoms with E-state index in [0.29, 0.717) is 26.0 Å². The van der Waals surface area contributed by atoms with Crippen LogP contribution in [0.4, 0.5) is 5.69 Å². The van der Waals surface area contributed by atoms with Crippen LogP contribution < -0.4 is 21.1 Å². The zero-order valence-electron chi connectivity index (χ0n) is 16.2. The minimum atomic E-state index is -0.656. The molecule has 1 saturated carbocycles. The molecule has 6 nitrogen and oxygen atoms in total. The second-order valence-electron chi connectivity index (χ2n) is 7.35. The number of ether oxygens (including phenoxy) is 1. The summed E-state index contributed by atoms with van der Waals surface area (Å²) >= 11 is 0. The topological polar surface area (TPSA) is 93.5 Å². The van der Waals surface area contributed by atoms with Crippen molar-refractivity contribution >= 4 is 17.5 Å². The van der Waals surface area contributed by atoms with Crippen molar-refractivity contribution in [1.82, 2.24) is 5.32 Å². The number of aryl methyl sites for hydroxylation is 1. The number of nitrogens with one attached hydrogen (secondary N) is 2.